The van der Waals surface area contributed by atoms with Crippen LogP contribution in [0, 0.1) is 0 Å². The van der Waals surface area contributed by atoms with Gasteiger partial charge in [-0.2, -0.15) is 0 Å². The number of ether oxygens (including phenoxy) is 3. The standard InChI is InChI=1S/C23H42O8/c1-4-7-10-13-20(25)29-16-18(24)23(28)19(31-22(27)15-12-9-6-3)17-30-21(26)14-11-8-5-2/h18-19,23-24,28H,4-17H2,1-3H3/t18-,19+,23+/m1/s1. The molecule has 3 atom stereocenters. The van der Waals surface area contributed by atoms with Crippen LogP contribution < -0.4 is 0 Å². The summed E-state index contributed by atoms with van der Waals surface area (Å²) in [7, 11) is 0. The Hall–Kier alpha value is -1.67. The molecule has 0 rings (SSSR count). The minimum absolute atomic E-state index is 0.171. The topological polar surface area (TPSA) is 119 Å². The van der Waals surface area contributed by atoms with Gasteiger partial charge in [0.15, 0.2) is 6.10 Å². The van der Waals surface area contributed by atoms with Gasteiger partial charge in [0.05, 0.1) is 0 Å². The van der Waals surface area contributed by atoms with Crippen LogP contribution >= 0.6 is 0 Å². The first-order chi connectivity index (χ1) is 14.8. The molecule has 0 heterocycles. The van der Waals surface area contributed by atoms with Crippen LogP contribution in [0.2, 0.25) is 0 Å². The number of carbonyl (C=O) groups is 3. The van der Waals surface area contributed by atoms with Gasteiger partial charge in [0, 0.05) is 19.3 Å². The Bertz CT molecular complexity index is 494. The quantitative estimate of drug-likeness (QED) is 0.176. The molecule has 0 spiro atoms. The minimum atomic E-state index is -1.55. The third-order valence-corrected chi connectivity index (χ3v) is 4.83. The van der Waals surface area contributed by atoms with Gasteiger partial charge in [-0.05, 0) is 19.3 Å². The molecule has 0 aromatic heterocycles. The second-order valence-corrected chi connectivity index (χ2v) is 7.82. The summed E-state index contributed by atoms with van der Waals surface area (Å²) in [5, 5.41) is 20.7. The third-order valence-electron chi connectivity index (χ3n) is 4.83. The summed E-state index contributed by atoms with van der Waals surface area (Å²) in [6.45, 7) is 5.25. The molecule has 0 aliphatic heterocycles. The molecule has 0 fully saturated rings. The van der Waals surface area contributed by atoms with Crippen molar-refractivity contribution < 1.29 is 38.8 Å². The maximum atomic E-state index is 12.1. The molecule has 0 saturated carbocycles. The molecule has 0 bridgehead atoms. The third kappa shape index (κ3) is 15.7. The molecule has 8 heteroatoms. The largest absolute Gasteiger partial charge is 0.463 e. The Morgan fingerprint density at radius 1 is 0.645 bits per heavy atom. The molecule has 31 heavy (non-hydrogen) atoms. The average Bonchev–Trinajstić information content (AvgIpc) is 2.75. The van der Waals surface area contributed by atoms with Crippen molar-refractivity contribution in [2.24, 2.45) is 0 Å². The van der Waals surface area contributed by atoms with Crippen molar-refractivity contribution in [1.82, 2.24) is 0 Å². The molecular weight excluding hydrogens is 404 g/mol. The highest BCUT2D eigenvalue weighted by Crippen LogP contribution is 2.12. The van der Waals surface area contributed by atoms with Crippen LogP contribution in [0.3, 0.4) is 0 Å². The van der Waals surface area contributed by atoms with Crippen LogP contribution in [-0.4, -0.2) is 59.6 Å². The lowest BCUT2D eigenvalue weighted by Crippen LogP contribution is -2.45. The molecule has 0 amide bonds. The molecule has 0 aromatic rings. The molecule has 0 aliphatic rings. The molecule has 0 radical (unpaired) electrons. The van der Waals surface area contributed by atoms with Gasteiger partial charge in [-0.25, -0.2) is 0 Å². The number of carbonyl (C=O) groups excluding carboxylic acids is 3. The van der Waals surface area contributed by atoms with Crippen LogP contribution in [-0.2, 0) is 28.6 Å². The maximum Gasteiger partial charge on any atom is 0.306 e. The van der Waals surface area contributed by atoms with Crippen molar-refractivity contribution in [2.45, 2.75) is 116 Å². The Morgan fingerprint density at radius 3 is 1.52 bits per heavy atom. The van der Waals surface area contributed by atoms with Gasteiger partial charge in [-0.1, -0.05) is 59.3 Å². The van der Waals surface area contributed by atoms with Crippen molar-refractivity contribution >= 4 is 17.9 Å². The van der Waals surface area contributed by atoms with Gasteiger partial charge in [-0.3, -0.25) is 14.4 Å². The molecule has 0 aromatic carbocycles. The van der Waals surface area contributed by atoms with Gasteiger partial charge < -0.3 is 24.4 Å². The van der Waals surface area contributed by atoms with Gasteiger partial charge in [0.1, 0.15) is 25.4 Å². The fourth-order valence-electron chi connectivity index (χ4n) is 2.83. The summed E-state index contributed by atoms with van der Waals surface area (Å²) >= 11 is 0. The lowest BCUT2D eigenvalue weighted by Gasteiger charge is -2.26. The predicted molar refractivity (Wildman–Crippen MR) is 116 cm³/mol. The Balaban J connectivity index is 4.72. The van der Waals surface area contributed by atoms with Crippen molar-refractivity contribution in [3.63, 3.8) is 0 Å². The monoisotopic (exact) mass is 446 g/mol. The van der Waals surface area contributed by atoms with E-state index in [4.69, 9.17) is 14.2 Å². The zero-order chi connectivity index (χ0) is 23.5. The highest BCUT2D eigenvalue weighted by Gasteiger charge is 2.31. The van der Waals surface area contributed by atoms with E-state index in [1.54, 1.807) is 0 Å². The summed E-state index contributed by atoms with van der Waals surface area (Å²) in [6.07, 6.45) is 3.96. The fraction of sp³-hybridized carbons (Fsp3) is 0.870. The summed E-state index contributed by atoms with van der Waals surface area (Å²) in [6, 6.07) is 0. The summed E-state index contributed by atoms with van der Waals surface area (Å²) in [5.41, 5.74) is 0. The van der Waals surface area contributed by atoms with E-state index in [1.807, 2.05) is 20.8 Å². The molecule has 0 aliphatic carbocycles. The first kappa shape index (κ1) is 29.3. The Morgan fingerprint density at radius 2 is 1.06 bits per heavy atom. The summed E-state index contributed by atoms with van der Waals surface area (Å²) in [4.78, 5) is 35.7. The first-order valence-corrected chi connectivity index (χ1v) is 11.7. The van der Waals surface area contributed by atoms with E-state index < -0.39 is 42.8 Å². The van der Waals surface area contributed by atoms with Crippen LogP contribution in [0.4, 0.5) is 0 Å². The number of unbranched alkanes of at least 4 members (excludes halogenated alkanes) is 6. The van der Waals surface area contributed by atoms with Crippen molar-refractivity contribution in [2.75, 3.05) is 13.2 Å². The van der Waals surface area contributed by atoms with Crippen molar-refractivity contribution in [3.8, 4) is 0 Å². The smallest absolute Gasteiger partial charge is 0.306 e. The van der Waals surface area contributed by atoms with Gasteiger partial charge >= 0.3 is 17.9 Å². The number of aliphatic hydroxyl groups excluding tert-OH is 2. The molecule has 182 valence electrons. The SMILES string of the molecule is CCCCCC(=O)OC[C@@H](O)[C@H](O)[C@H](COC(=O)CCCCC)OC(=O)CCCCC. The van der Waals surface area contributed by atoms with E-state index in [0.29, 0.717) is 19.3 Å². The Kier molecular flexibility index (Phi) is 18.0. The molecule has 2 N–H and O–H groups in total. The fourth-order valence-corrected chi connectivity index (χ4v) is 2.83. The predicted octanol–water partition coefficient (Wildman–Crippen LogP) is 3.45. The van der Waals surface area contributed by atoms with Crippen molar-refractivity contribution in [1.29, 1.82) is 0 Å². The highest BCUT2D eigenvalue weighted by atomic mass is 16.6. The maximum absolute atomic E-state index is 12.1. The lowest BCUT2D eigenvalue weighted by atomic mass is 10.1. The zero-order valence-electron chi connectivity index (χ0n) is 19.5. The van der Waals surface area contributed by atoms with E-state index in [-0.39, 0.29) is 25.9 Å². The lowest BCUT2D eigenvalue weighted by molar-refractivity contribution is -0.176. The number of aliphatic hydroxyl groups is 2. The van der Waals surface area contributed by atoms with E-state index in [2.05, 4.69) is 0 Å². The van der Waals surface area contributed by atoms with E-state index in [0.717, 1.165) is 38.5 Å². The number of hydrogen-bond donors (Lipinski definition) is 2. The van der Waals surface area contributed by atoms with Gasteiger partial charge in [-0.15, -0.1) is 0 Å². The molecule has 0 unspecified atom stereocenters. The number of hydrogen-bond acceptors (Lipinski definition) is 8. The van der Waals surface area contributed by atoms with Gasteiger partial charge in [0.25, 0.3) is 0 Å². The first-order valence-electron chi connectivity index (χ1n) is 11.7. The zero-order valence-corrected chi connectivity index (χ0v) is 19.5. The summed E-state index contributed by atoms with van der Waals surface area (Å²) < 4.78 is 15.4. The van der Waals surface area contributed by atoms with Gasteiger partial charge in [0.2, 0.25) is 0 Å². The molecular formula is C23H42O8. The molecule has 8 nitrogen and oxygen atoms in total. The van der Waals surface area contributed by atoms with Crippen molar-refractivity contribution in [3.05, 3.63) is 0 Å². The molecule has 0 saturated heterocycles. The van der Waals surface area contributed by atoms with Crippen LogP contribution in [0.25, 0.3) is 0 Å². The number of rotatable bonds is 19. The van der Waals surface area contributed by atoms with E-state index in [1.165, 1.54) is 0 Å². The van der Waals surface area contributed by atoms with Crippen LogP contribution in [0.15, 0.2) is 0 Å². The Labute approximate surface area is 186 Å². The van der Waals surface area contributed by atoms with E-state index >= 15 is 0 Å². The number of esters is 3. The average molecular weight is 447 g/mol. The van der Waals surface area contributed by atoms with E-state index in [9.17, 15) is 24.6 Å². The minimum Gasteiger partial charge on any atom is -0.463 e. The highest BCUT2D eigenvalue weighted by molar-refractivity contribution is 5.70. The normalized spacial score (nSPS) is 13.8. The summed E-state index contributed by atoms with van der Waals surface area (Å²) in [5.74, 6) is -1.46. The second kappa shape index (κ2) is 19.0. The van der Waals surface area contributed by atoms with Crippen LogP contribution in [0.1, 0.15) is 97.8 Å². The van der Waals surface area contributed by atoms with Crippen LogP contribution in [0.5, 0.6) is 0 Å². The second-order valence-electron chi connectivity index (χ2n) is 7.82.